The average Bonchev–Trinajstić information content (AvgIpc) is 3.12. The third-order valence-corrected chi connectivity index (χ3v) is 4.71. The third-order valence-electron chi connectivity index (χ3n) is 4.71. The van der Waals surface area contributed by atoms with Crippen LogP contribution in [0.1, 0.15) is 53.0 Å². The van der Waals surface area contributed by atoms with Gasteiger partial charge in [0, 0.05) is 40.7 Å². The van der Waals surface area contributed by atoms with Crippen molar-refractivity contribution in [3.63, 3.8) is 0 Å². The molecule has 1 atom stereocenters. The van der Waals surface area contributed by atoms with Gasteiger partial charge in [-0.2, -0.15) is 0 Å². The van der Waals surface area contributed by atoms with Crippen LogP contribution in [-0.2, 0) is 11.2 Å². The summed E-state index contributed by atoms with van der Waals surface area (Å²) in [6.07, 6.45) is 2.16. The van der Waals surface area contributed by atoms with Crippen molar-refractivity contribution in [1.82, 2.24) is 4.90 Å². The highest BCUT2D eigenvalue weighted by Gasteiger charge is 2.35. The maximum Gasteiger partial charge on any atom is 0.410 e. The summed E-state index contributed by atoms with van der Waals surface area (Å²) in [6.45, 7) is 10.5. The van der Waals surface area contributed by atoms with Crippen LogP contribution in [0, 0.1) is 4.91 Å². The molecule has 28 heavy (non-hydrogen) atoms. The molecule has 2 N–H and O–H groups in total. The van der Waals surface area contributed by atoms with Gasteiger partial charge in [-0.1, -0.05) is 0 Å². The first-order valence-corrected chi connectivity index (χ1v) is 9.44. The molecule has 0 spiro atoms. The molecule has 8 nitrogen and oxygen atoms in total. The van der Waals surface area contributed by atoms with Gasteiger partial charge in [0.25, 0.3) is 5.69 Å². The van der Waals surface area contributed by atoms with Crippen LogP contribution in [0.2, 0.25) is 0 Å². The summed E-state index contributed by atoms with van der Waals surface area (Å²) in [6, 6.07) is 3.47. The number of nitrogens with zero attached hydrogens (tertiary/aromatic N) is 1. The minimum atomic E-state index is -0.533. The molecule has 156 valence electrons. The number of nitrogens with one attached hydrogen (secondary N) is 1. The third kappa shape index (κ3) is 4.92. The molecular formula is C20H30N2O6. The number of carbonyl (C=O) groups is 1. The topological polar surface area (TPSA) is 109 Å². The van der Waals surface area contributed by atoms with Gasteiger partial charge in [0.2, 0.25) is 0 Å². The number of benzene rings is 1. The second-order valence-electron chi connectivity index (χ2n) is 8.88. The van der Waals surface area contributed by atoms with Crippen LogP contribution in [0.4, 0.5) is 10.5 Å². The Balaban J connectivity index is 0.00000280. The highest BCUT2D eigenvalue weighted by atomic mass is 16.6. The van der Waals surface area contributed by atoms with Crippen LogP contribution in [0.5, 0.6) is 11.5 Å². The normalized spacial score (nSPS) is 20.0. The van der Waals surface area contributed by atoms with Crippen LogP contribution in [-0.4, -0.2) is 46.9 Å². The van der Waals surface area contributed by atoms with Gasteiger partial charge in [-0.15, -0.1) is 0 Å². The van der Waals surface area contributed by atoms with Gasteiger partial charge >= 0.3 is 6.09 Å². The van der Waals surface area contributed by atoms with Gasteiger partial charge in [0.15, 0.2) is 5.75 Å². The summed E-state index contributed by atoms with van der Waals surface area (Å²) < 4.78 is 17.3. The molecule has 0 aliphatic carbocycles. The Labute approximate surface area is 165 Å². The fourth-order valence-corrected chi connectivity index (χ4v) is 3.59. The maximum atomic E-state index is 12.4. The van der Waals surface area contributed by atoms with Crippen molar-refractivity contribution in [3.05, 3.63) is 22.6 Å². The van der Waals surface area contributed by atoms with E-state index in [-0.39, 0.29) is 23.2 Å². The largest absolute Gasteiger partial charge is 0.870 e. The number of hydrogen-bond donors (Lipinski definition) is 1. The second kappa shape index (κ2) is 7.95. The number of likely N-dealkylation sites (tertiary alicyclic amines) is 1. The first-order chi connectivity index (χ1) is 12.6. The quantitative estimate of drug-likeness (QED) is 0.840. The van der Waals surface area contributed by atoms with E-state index < -0.39 is 5.60 Å². The van der Waals surface area contributed by atoms with Crippen molar-refractivity contribution in [3.8, 4) is 11.5 Å². The van der Waals surface area contributed by atoms with E-state index in [1.54, 1.807) is 17.0 Å². The van der Waals surface area contributed by atoms with Crippen molar-refractivity contribution in [2.75, 3.05) is 13.2 Å². The van der Waals surface area contributed by atoms with E-state index in [2.05, 4.69) is 0 Å². The molecule has 1 amide bonds. The summed E-state index contributed by atoms with van der Waals surface area (Å²) in [5, 5.41) is 1.96. The number of fused-ring (bicyclic) bond motifs is 1. The van der Waals surface area contributed by atoms with Gasteiger partial charge in [-0.25, -0.2) is 4.79 Å². The number of rotatable bonds is 4. The number of nitroso groups, excluding NO2 is 1. The summed E-state index contributed by atoms with van der Waals surface area (Å²) in [5.74, 6) is 1.18. The van der Waals surface area contributed by atoms with Gasteiger partial charge < -0.3 is 24.6 Å². The molecule has 2 heterocycles. The highest BCUT2D eigenvalue weighted by molar-refractivity contribution is 5.69. The van der Waals surface area contributed by atoms with E-state index in [4.69, 9.17) is 14.2 Å². The molecule has 1 saturated heterocycles. The minimum absolute atomic E-state index is 0. The molecule has 1 fully saturated rings. The lowest BCUT2D eigenvalue weighted by Gasteiger charge is -2.28. The zero-order valence-electron chi connectivity index (χ0n) is 17.2. The van der Waals surface area contributed by atoms with Crippen LogP contribution < -0.4 is 14.7 Å². The number of carbonyl (C=O) groups excluding carboxylic acids is 1. The number of amides is 1. The molecule has 1 aromatic rings. The average molecular weight is 394 g/mol. The number of ether oxygens (including phenoxy) is 3. The molecule has 0 bridgehead atoms. The molecule has 2 aliphatic rings. The minimum Gasteiger partial charge on any atom is -0.870 e. The fourth-order valence-electron chi connectivity index (χ4n) is 3.59. The Hall–Kier alpha value is -2.35. The fraction of sp³-hybridized carbons (Fsp3) is 0.650. The summed E-state index contributed by atoms with van der Waals surface area (Å²) >= 11 is 0. The Morgan fingerprint density at radius 1 is 1.36 bits per heavy atom. The van der Waals surface area contributed by atoms with Crippen molar-refractivity contribution >= 4 is 11.8 Å². The van der Waals surface area contributed by atoms with Gasteiger partial charge in [0.05, 0.1) is 6.04 Å². The van der Waals surface area contributed by atoms with Crippen molar-refractivity contribution in [2.45, 2.75) is 71.1 Å². The highest BCUT2D eigenvalue weighted by Crippen LogP contribution is 2.40. The van der Waals surface area contributed by atoms with Crippen molar-refractivity contribution < 1.29 is 29.7 Å². The molecular weight excluding hydrogens is 364 g/mol. The lowest BCUT2D eigenvalue weighted by Crippen LogP contribution is -2.56. The lowest BCUT2D eigenvalue weighted by molar-refractivity contribution is -0.380. The van der Waals surface area contributed by atoms with E-state index in [0.717, 1.165) is 30.6 Å². The zero-order chi connectivity index (χ0) is 19.8. The Morgan fingerprint density at radius 2 is 2.07 bits per heavy atom. The van der Waals surface area contributed by atoms with Gasteiger partial charge in [-0.05, 0) is 47.5 Å². The first kappa shape index (κ1) is 21.9. The molecule has 0 saturated carbocycles. The van der Waals surface area contributed by atoms with Crippen molar-refractivity contribution in [1.29, 1.82) is 0 Å². The molecule has 3 rings (SSSR count). The van der Waals surface area contributed by atoms with Crippen molar-refractivity contribution in [2.24, 2.45) is 0 Å². The van der Waals surface area contributed by atoms with Crippen LogP contribution >= 0.6 is 0 Å². The molecule has 1 aromatic carbocycles. The number of hydrogen-bond acceptors (Lipinski definition) is 6. The van der Waals surface area contributed by atoms with E-state index in [0.29, 0.717) is 24.6 Å². The molecule has 0 radical (unpaired) electrons. The maximum absolute atomic E-state index is 12.4. The van der Waals surface area contributed by atoms with Crippen LogP contribution in [0.3, 0.4) is 0 Å². The van der Waals surface area contributed by atoms with Crippen LogP contribution in [0.15, 0.2) is 12.1 Å². The monoisotopic (exact) mass is 394 g/mol. The second-order valence-corrected chi connectivity index (χ2v) is 8.88. The van der Waals surface area contributed by atoms with Gasteiger partial charge in [-0.3, -0.25) is 0 Å². The molecule has 0 aromatic heterocycles. The van der Waals surface area contributed by atoms with E-state index in [9.17, 15) is 9.70 Å². The SMILES string of the molecule is CC(C)(C)OC(=O)N1CCC[C@@H]1COc1cc2c(cc1[NH+]=O)CC(C)(C)O2.[OH-]. The summed E-state index contributed by atoms with van der Waals surface area (Å²) in [7, 11) is 0. The zero-order valence-corrected chi connectivity index (χ0v) is 17.2. The van der Waals surface area contributed by atoms with Gasteiger partial charge in [0.1, 0.15) is 23.6 Å². The predicted octanol–water partition coefficient (Wildman–Crippen LogP) is 2.48. The molecule has 0 unspecified atom stereocenters. The Kier molecular flexibility index (Phi) is 6.23. The first-order valence-electron chi connectivity index (χ1n) is 9.44. The standard InChI is InChI=1S/C20H28N2O5.H2O/c1-19(2,3)27-18(23)22-8-6-7-14(22)12-25-17-10-16-13(9-15(17)21-24)11-20(4,5)26-16;/h9-10,14H,6-8,11-12H2,1-5H3;1H2/t14-;/m1./s1. The Bertz CT molecular complexity index is 741. The predicted molar refractivity (Wildman–Crippen MR) is 102 cm³/mol. The van der Waals surface area contributed by atoms with E-state index in [1.165, 1.54) is 0 Å². The van der Waals surface area contributed by atoms with E-state index in [1.807, 2.05) is 39.8 Å². The Morgan fingerprint density at radius 3 is 2.71 bits per heavy atom. The van der Waals surface area contributed by atoms with E-state index >= 15 is 0 Å². The summed E-state index contributed by atoms with van der Waals surface area (Å²) in [5.41, 5.74) is 0.549. The lowest BCUT2D eigenvalue weighted by atomic mass is 10.0. The smallest absolute Gasteiger partial charge is 0.410 e. The van der Waals surface area contributed by atoms with Crippen LogP contribution in [0.25, 0.3) is 0 Å². The molecule has 2 aliphatic heterocycles. The molecule has 8 heteroatoms. The summed E-state index contributed by atoms with van der Waals surface area (Å²) in [4.78, 5) is 25.5.